The molecule has 0 spiro atoms. The van der Waals surface area contributed by atoms with Gasteiger partial charge in [-0.15, -0.1) is 0 Å². The van der Waals surface area contributed by atoms with Gasteiger partial charge in [0.15, 0.2) is 0 Å². The van der Waals surface area contributed by atoms with Crippen molar-refractivity contribution < 1.29 is 18.3 Å². The molecule has 0 fully saturated rings. The first kappa shape index (κ1) is 15.9. The highest BCUT2D eigenvalue weighted by Gasteiger charge is 2.18. The third-order valence-corrected chi connectivity index (χ3v) is 4.29. The Morgan fingerprint density at radius 1 is 1.26 bits per heavy atom. The average molecular weight is 287 g/mol. The van der Waals surface area contributed by atoms with Crippen LogP contribution in [0.4, 0.5) is 0 Å². The molecule has 0 heterocycles. The van der Waals surface area contributed by atoms with Crippen LogP contribution in [0.5, 0.6) is 5.75 Å². The predicted molar refractivity (Wildman–Crippen MR) is 74.0 cm³/mol. The monoisotopic (exact) mass is 287 g/mol. The van der Waals surface area contributed by atoms with E-state index in [0.29, 0.717) is 24.3 Å². The fraction of sp³-hybridized carbons (Fsp3) is 0.538. The van der Waals surface area contributed by atoms with Crippen LogP contribution in [-0.2, 0) is 10.0 Å². The molecule has 19 heavy (non-hydrogen) atoms. The van der Waals surface area contributed by atoms with Crippen LogP contribution in [0.15, 0.2) is 17.0 Å². The molecule has 1 rings (SSSR count). The van der Waals surface area contributed by atoms with Gasteiger partial charge in [-0.3, -0.25) is 0 Å². The van der Waals surface area contributed by atoms with Crippen molar-refractivity contribution >= 4 is 10.0 Å². The summed E-state index contributed by atoms with van der Waals surface area (Å²) in [5.74, 6) is 0.703. The third-order valence-electron chi connectivity index (χ3n) is 2.69. The normalized spacial score (nSPS) is 11.6. The lowest BCUT2D eigenvalue weighted by molar-refractivity contribution is 0.289. The number of ether oxygens (including phenoxy) is 1. The highest BCUT2D eigenvalue weighted by atomic mass is 32.2. The van der Waals surface area contributed by atoms with E-state index in [1.165, 1.54) is 0 Å². The summed E-state index contributed by atoms with van der Waals surface area (Å²) in [4.78, 5) is 0.256. The summed E-state index contributed by atoms with van der Waals surface area (Å²) in [5, 5.41) is 8.68. The molecule has 6 heteroatoms. The van der Waals surface area contributed by atoms with Crippen LogP contribution in [0.2, 0.25) is 0 Å². The van der Waals surface area contributed by atoms with Crippen molar-refractivity contribution in [3.63, 3.8) is 0 Å². The van der Waals surface area contributed by atoms with Crippen molar-refractivity contribution in [2.24, 2.45) is 0 Å². The van der Waals surface area contributed by atoms with Gasteiger partial charge in [0.25, 0.3) is 0 Å². The van der Waals surface area contributed by atoms with Crippen molar-refractivity contribution in [1.29, 1.82) is 0 Å². The van der Waals surface area contributed by atoms with E-state index in [4.69, 9.17) is 9.84 Å². The molecule has 0 atom stereocenters. The summed E-state index contributed by atoms with van der Waals surface area (Å²) >= 11 is 0. The summed E-state index contributed by atoms with van der Waals surface area (Å²) in [6.45, 7) is 6.17. The van der Waals surface area contributed by atoms with Gasteiger partial charge in [-0.25, -0.2) is 13.1 Å². The Hall–Kier alpha value is -1.11. The second-order valence-electron chi connectivity index (χ2n) is 4.29. The fourth-order valence-electron chi connectivity index (χ4n) is 1.73. The topological polar surface area (TPSA) is 75.6 Å². The molecule has 0 aliphatic carbocycles. The van der Waals surface area contributed by atoms with Crippen molar-refractivity contribution in [3.8, 4) is 5.75 Å². The Labute approximate surface area is 114 Å². The standard InChI is InChI=1S/C13H21NO4S/c1-4-18-12-8-11(3)13(9-10(12)2)19(16,17)14-6-5-7-15/h8-9,14-15H,4-7H2,1-3H3. The van der Waals surface area contributed by atoms with Crippen LogP contribution in [-0.4, -0.2) is 33.3 Å². The molecule has 1 aromatic carbocycles. The summed E-state index contributed by atoms with van der Waals surface area (Å²) in [6.07, 6.45) is 0.397. The van der Waals surface area contributed by atoms with Gasteiger partial charge >= 0.3 is 0 Å². The van der Waals surface area contributed by atoms with Gasteiger partial charge in [0, 0.05) is 13.2 Å². The highest BCUT2D eigenvalue weighted by molar-refractivity contribution is 7.89. The zero-order valence-corrected chi connectivity index (χ0v) is 12.4. The summed E-state index contributed by atoms with van der Waals surface area (Å²) in [5.41, 5.74) is 1.43. The fourth-order valence-corrected chi connectivity index (χ4v) is 3.11. The number of aliphatic hydroxyl groups excluding tert-OH is 1. The van der Waals surface area contributed by atoms with E-state index in [0.717, 1.165) is 5.56 Å². The molecule has 0 bridgehead atoms. The number of benzene rings is 1. The largest absolute Gasteiger partial charge is 0.494 e. The van der Waals surface area contributed by atoms with Gasteiger partial charge in [0.05, 0.1) is 11.5 Å². The minimum absolute atomic E-state index is 0.0379. The number of hydrogen-bond acceptors (Lipinski definition) is 4. The van der Waals surface area contributed by atoms with Crippen molar-refractivity contribution in [3.05, 3.63) is 23.3 Å². The molecule has 5 nitrogen and oxygen atoms in total. The Kier molecular flexibility index (Phi) is 5.78. The summed E-state index contributed by atoms with van der Waals surface area (Å²) in [7, 11) is -3.53. The minimum Gasteiger partial charge on any atom is -0.494 e. The molecule has 0 saturated carbocycles. The zero-order valence-electron chi connectivity index (χ0n) is 11.6. The lowest BCUT2D eigenvalue weighted by Crippen LogP contribution is -2.26. The predicted octanol–water partition coefficient (Wildman–Crippen LogP) is 1.36. The van der Waals surface area contributed by atoms with Crippen molar-refractivity contribution in [2.45, 2.75) is 32.1 Å². The highest BCUT2D eigenvalue weighted by Crippen LogP contribution is 2.25. The zero-order chi connectivity index (χ0) is 14.5. The Morgan fingerprint density at radius 2 is 1.95 bits per heavy atom. The molecule has 0 radical (unpaired) electrons. The van der Waals surface area contributed by atoms with Crippen molar-refractivity contribution in [1.82, 2.24) is 4.72 Å². The van der Waals surface area contributed by atoms with E-state index in [9.17, 15) is 8.42 Å². The molecule has 1 aromatic rings. The van der Waals surface area contributed by atoms with Gasteiger partial charge in [-0.2, -0.15) is 0 Å². The summed E-state index contributed by atoms with van der Waals surface area (Å²) in [6, 6.07) is 3.35. The van der Waals surface area contributed by atoms with E-state index in [-0.39, 0.29) is 18.0 Å². The molecule has 0 aliphatic heterocycles. The van der Waals surface area contributed by atoms with Crippen LogP contribution in [0.25, 0.3) is 0 Å². The van der Waals surface area contributed by atoms with Gasteiger partial charge in [0.2, 0.25) is 10.0 Å². The minimum atomic E-state index is -3.53. The first-order valence-electron chi connectivity index (χ1n) is 6.27. The molecule has 108 valence electrons. The molecule has 0 aromatic heterocycles. The SMILES string of the molecule is CCOc1cc(C)c(S(=O)(=O)NCCCO)cc1C. The Balaban J connectivity index is 3.03. The van der Waals surface area contributed by atoms with Crippen LogP contribution in [0.3, 0.4) is 0 Å². The molecule has 2 N–H and O–H groups in total. The maximum atomic E-state index is 12.1. The number of aliphatic hydroxyl groups is 1. The van der Waals surface area contributed by atoms with Crippen LogP contribution >= 0.6 is 0 Å². The van der Waals surface area contributed by atoms with E-state index < -0.39 is 10.0 Å². The maximum Gasteiger partial charge on any atom is 0.240 e. The second kappa shape index (κ2) is 6.88. The molecule has 0 amide bonds. The number of hydrogen-bond donors (Lipinski definition) is 2. The molecular weight excluding hydrogens is 266 g/mol. The smallest absolute Gasteiger partial charge is 0.240 e. The maximum absolute atomic E-state index is 12.1. The van der Waals surface area contributed by atoms with Crippen LogP contribution in [0, 0.1) is 13.8 Å². The Morgan fingerprint density at radius 3 is 2.53 bits per heavy atom. The van der Waals surface area contributed by atoms with Crippen molar-refractivity contribution in [2.75, 3.05) is 19.8 Å². The van der Waals surface area contributed by atoms with Crippen LogP contribution in [0.1, 0.15) is 24.5 Å². The first-order chi connectivity index (χ1) is 8.92. The average Bonchev–Trinajstić information content (AvgIpc) is 2.33. The lowest BCUT2D eigenvalue weighted by Gasteiger charge is -2.13. The number of aryl methyl sites for hydroxylation is 2. The van der Waals surface area contributed by atoms with Crippen LogP contribution < -0.4 is 9.46 Å². The van der Waals surface area contributed by atoms with Gasteiger partial charge in [-0.05, 0) is 50.5 Å². The number of nitrogens with one attached hydrogen (secondary N) is 1. The van der Waals surface area contributed by atoms with Gasteiger partial charge in [0.1, 0.15) is 5.75 Å². The Bertz CT molecular complexity index is 526. The lowest BCUT2D eigenvalue weighted by atomic mass is 10.1. The van der Waals surface area contributed by atoms with Gasteiger partial charge < -0.3 is 9.84 Å². The van der Waals surface area contributed by atoms with E-state index in [1.54, 1.807) is 19.1 Å². The molecular formula is C13H21NO4S. The quantitative estimate of drug-likeness (QED) is 0.743. The molecule has 0 aliphatic rings. The first-order valence-corrected chi connectivity index (χ1v) is 7.75. The molecule has 0 unspecified atom stereocenters. The van der Waals surface area contributed by atoms with E-state index in [1.807, 2.05) is 13.8 Å². The van der Waals surface area contributed by atoms with Gasteiger partial charge in [-0.1, -0.05) is 0 Å². The second-order valence-corrected chi connectivity index (χ2v) is 6.03. The summed E-state index contributed by atoms with van der Waals surface area (Å²) < 4.78 is 32.1. The third kappa shape index (κ3) is 4.19. The number of sulfonamides is 1. The van der Waals surface area contributed by atoms with E-state index >= 15 is 0 Å². The molecule has 0 saturated heterocycles. The van der Waals surface area contributed by atoms with E-state index in [2.05, 4.69) is 4.72 Å². The number of rotatable bonds is 7.